The first-order valence-corrected chi connectivity index (χ1v) is 10.1. The summed E-state index contributed by atoms with van der Waals surface area (Å²) < 4.78 is 0. The first-order chi connectivity index (χ1) is 14.6. The van der Waals surface area contributed by atoms with Crippen LogP contribution in [0.2, 0.25) is 0 Å². The molecule has 4 heteroatoms. The minimum absolute atomic E-state index is 0.400. The van der Waals surface area contributed by atoms with Crippen molar-refractivity contribution in [3.05, 3.63) is 108 Å². The van der Waals surface area contributed by atoms with Gasteiger partial charge in [-0.1, -0.05) is 91.0 Å². The third-order valence-corrected chi connectivity index (χ3v) is 5.74. The van der Waals surface area contributed by atoms with Crippen LogP contribution in [-0.4, -0.2) is 11.6 Å². The zero-order chi connectivity index (χ0) is 21.5. The van der Waals surface area contributed by atoms with Gasteiger partial charge in [-0.25, -0.2) is 0 Å². The number of nitrogens with zero attached hydrogens (tertiary/aromatic N) is 2. The van der Waals surface area contributed by atoms with E-state index in [4.69, 9.17) is 16.7 Å². The predicted molar refractivity (Wildman–Crippen MR) is 119 cm³/mol. The predicted octanol–water partition coefficient (Wildman–Crippen LogP) is 4.26. The molecule has 150 valence electrons. The Morgan fingerprint density at radius 3 is 1.47 bits per heavy atom. The molecule has 0 saturated heterocycles. The van der Waals surface area contributed by atoms with Crippen LogP contribution in [0.25, 0.3) is 0 Å². The zero-order valence-corrected chi connectivity index (χ0v) is 16.9. The van der Waals surface area contributed by atoms with E-state index in [1.807, 2.05) is 91.0 Å². The van der Waals surface area contributed by atoms with Crippen LogP contribution in [0.5, 0.6) is 0 Å². The van der Waals surface area contributed by atoms with E-state index in [1.54, 1.807) is 0 Å². The lowest BCUT2D eigenvalue weighted by Gasteiger charge is -2.46. The molecule has 0 heterocycles. The maximum absolute atomic E-state index is 10.5. The molecule has 0 aromatic heterocycles. The summed E-state index contributed by atoms with van der Waals surface area (Å²) in [5.41, 5.74) is 13.5. The number of nitrogens with two attached hydrogens (primary N) is 2. The third-order valence-electron chi connectivity index (χ3n) is 5.74. The van der Waals surface area contributed by atoms with Gasteiger partial charge in [-0.2, -0.15) is 10.5 Å². The van der Waals surface area contributed by atoms with Crippen LogP contribution < -0.4 is 11.5 Å². The molecule has 3 rings (SSSR count). The van der Waals surface area contributed by atoms with Crippen LogP contribution in [0.15, 0.2) is 91.0 Å². The minimum Gasteiger partial charge on any atom is -0.316 e. The Hall–Kier alpha value is -3.44. The highest BCUT2D eigenvalue weighted by molar-refractivity contribution is 5.57. The highest BCUT2D eigenvalue weighted by Crippen LogP contribution is 2.48. The third kappa shape index (κ3) is 3.84. The normalized spacial score (nSPS) is 14.1. The Labute approximate surface area is 178 Å². The summed E-state index contributed by atoms with van der Waals surface area (Å²) in [6, 6.07) is 33.8. The summed E-state index contributed by atoms with van der Waals surface area (Å²) in [6.45, 7) is 0. The fraction of sp³-hybridized carbons (Fsp3) is 0.231. The molecule has 0 aliphatic rings. The van der Waals surface area contributed by atoms with Gasteiger partial charge < -0.3 is 11.5 Å². The van der Waals surface area contributed by atoms with Crippen LogP contribution in [0.1, 0.15) is 36.0 Å². The summed E-state index contributed by atoms with van der Waals surface area (Å²) >= 11 is 0. The summed E-state index contributed by atoms with van der Waals surface area (Å²) in [5, 5.41) is 19.5. The average molecular weight is 395 g/mol. The molecule has 0 aliphatic carbocycles. The number of nitriles is 2. The smallest absolute Gasteiger partial charge is 0.122 e. The SMILES string of the molecule is N#CC(N)CCCC(N)(C#N)C(c1ccccc1)(c1ccccc1)c1ccccc1. The lowest BCUT2D eigenvalue weighted by molar-refractivity contribution is 0.344. The lowest BCUT2D eigenvalue weighted by Crippen LogP contribution is -2.59. The molecule has 2 atom stereocenters. The van der Waals surface area contributed by atoms with Crippen LogP contribution in [0, 0.1) is 22.7 Å². The van der Waals surface area contributed by atoms with E-state index in [9.17, 15) is 5.26 Å². The van der Waals surface area contributed by atoms with Crippen LogP contribution in [0.4, 0.5) is 0 Å². The standard InChI is InChI=1S/C26H26N4/c27-19-24(29)17-10-18-25(30,20-28)26(21-11-4-1-5-12-21,22-13-6-2-7-14-22)23-15-8-3-9-16-23/h1-9,11-16,24H,10,17-18,29-30H2. The summed E-state index contributed by atoms with van der Waals surface area (Å²) in [4.78, 5) is 0. The van der Waals surface area contributed by atoms with Gasteiger partial charge in [0.25, 0.3) is 0 Å². The van der Waals surface area contributed by atoms with Gasteiger partial charge in [-0.05, 0) is 36.0 Å². The molecule has 4 nitrogen and oxygen atoms in total. The fourth-order valence-corrected chi connectivity index (χ4v) is 4.33. The second-order valence-electron chi connectivity index (χ2n) is 7.56. The maximum Gasteiger partial charge on any atom is 0.122 e. The Morgan fingerprint density at radius 1 is 0.733 bits per heavy atom. The van der Waals surface area contributed by atoms with E-state index in [0.717, 1.165) is 16.7 Å². The number of rotatable bonds is 8. The molecule has 0 spiro atoms. The average Bonchev–Trinajstić information content (AvgIpc) is 2.81. The molecule has 4 N–H and O–H groups in total. The molecule has 0 radical (unpaired) electrons. The van der Waals surface area contributed by atoms with Crippen LogP contribution >= 0.6 is 0 Å². The van der Waals surface area contributed by atoms with Gasteiger partial charge in [0.1, 0.15) is 5.54 Å². The molecule has 0 saturated carbocycles. The van der Waals surface area contributed by atoms with Gasteiger partial charge in [-0.3, -0.25) is 0 Å². The highest BCUT2D eigenvalue weighted by Gasteiger charge is 2.52. The number of benzene rings is 3. The fourth-order valence-electron chi connectivity index (χ4n) is 4.33. The van der Waals surface area contributed by atoms with Crippen molar-refractivity contribution < 1.29 is 0 Å². The van der Waals surface area contributed by atoms with Gasteiger partial charge in [-0.15, -0.1) is 0 Å². The van der Waals surface area contributed by atoms with Gasteiger partial charge in [0, 0.05) is 0 Å². The number of hydrogen-bond acceptors (Lipinski definition) is 4. The van der Waals surface area contributed by atoms with Crippen molar-refractivity contribution in [3.8, 4) is 12.1 Å². The largest absolute Gasteiger partial charge is 0.316 e. The molecule has 0 fully saturated rings. The molecule has 2 unspecified atom stereocenters. The van der Waals surface area contributed by atoms with E-state index >= 15 is 0 Å². The van der Waals surface area contributed by atoms with E-state index in [2.05, 4.69) is 12.1 Å². The van der Waals surface area contributed by atoms with E-state index in [0.29, 0.717) is 19.3 Å². The zero-order valence-electron chi connectivity index (χ0n) is 16.9. The van der Waals surface area contributed by atoms with Gasteiger partial charge in [0.15, 0.2) is 0 Å². The second kappa shape index (κ2) is 9.37. The van der Waals surface area contributed by atoms with Crippen molar-refractivity contribution in [1.29, 1.82) is 10.5 Å². The summed E-state index contributed by atoms with van der Waals surface area (Å²) in [5.74, 6) is 0. The summed E-state index contributed by atoms with van der Waals surface area (Å²) in [6.07, 6.45) is 1.47. The molecular weight excluding hydrogens is 368 g/mol. The summed E-state index contributed by atoms with van der Waals surface area (Å²) in [7, 11) is 0. The van der Waals surface area contributed by atoms with E-state index in [-0.39, 0.29) is 0 Å². The molecule has 0 bridgehead atoms. The van der Waals surface area contributed by atoms with Crippen LogP contribution in [0.3, 0.4) is 0 Å². The minimum atomic E-state index is -1.26. The van der Waals surface area contributed by atoms with E-state index in [1.165, 1.54) is 0 Å². The lowest BCUT2D eigenvalue weighted by atomic mass is 9.57. The molecular formula is C26H26N4. The van der Waals surface area contributed by atoms with Crippen molar-refractivity contribution in [2.75, 3.05) is 0 Å². The molecule has 0 aliphatic heterocycles. The first kappa shape index (κ1) is 21.3. The van der Waals surface area contributed by atoms with Crippen molar-refractivity contribution in [2.24, 2.45) is 11.5 Å². The number of hydrogen-bond donors (Lipinski definition) is 2. The van der Waals surface area contributed by atoms with Crippen molar-refractivity contribution >= 4 is 0 Å². The first-order valence-electron chi connectivity index (χ1n) is 10.1. The Morgan fingerprint density at radius 2 is 1.13 bits per heavy atom. The maximum atomic E-state index is 10.5. The van der Waals surface area contributed by atoms with Crippen molar-refractivity contribution in [2.45, 2.75) is 36.3 Å². The van der Waals surface area contributed by atoms with Crippen LogP contribution in [-0.2, 0) is 5.41 Å². The molecule has 3 aromatic rings. The van der Waals surface area contributed by atoms with Crippen molar-refractivity contribution in [1.82, 2.24) is 0 Å². The molecule has 30 heavy (non-hydrogen) atoms. The second-order valence-corrected chi connectivity index (χ2v) is 7.56. The van der Waals surface area contributed by atoms with Gasteiger partial charge in [0.05, 0.1) is 23.6 Å². The quantitative estimate of drug-likeness (QED) is 0.557. The van der Waals surface area contributed by atoms with Gasteiger partial charge in [0.2, 0.25) is 0 Å². The monoisotopic (exact) mass is 394 g/mol. The molecule has 0 amide bonds. The van der Waals surface area contributed by atoms with Crippen molar-refractivity contribution in [3.63, 3.8) is 0 Å². The van der Waals surface area contributed by atoms with E-state index < -0.39 is 17.0 Å². The Bertz CT molecular complexity index is 923. The Balaban J connectivity index is 2.28. The van der Waals surface area contributed by atoms with Gasteiger partial charge >= 0.3 is 0 Å². The topological polar surface area (TPSA) is 99.6 Å². The Kier molecular flexibility index (Phi) is 6.65. The highest BCUT2D eigenvalue weighted by atomic mass is 14.8. The molecule has 3 aromatic carbocycles.